The average molecular weight is 390 g/mol. The molecule has 2 aliphatic heterocycles. The van der Waals surface area contributed by atoms with Crippen LogP contribution in [-0.4, -0.2) is 65.2 Å². The Labute approximate surface area is 151 Å². The van der Waals surface area contributed by atoms with E-state index in [1.165, 1.54) is 12.1 Å². The zero-order valence-electron chi connectivity index (χ0n) is 13.6. The molecular weight excluding hydrogens is 370 g/mol. The first-order valence-corrected chi connectivity index (χ1v) is 9.88. The molecule has 0 radical (unpaired) electrons. The Morgan fingerprint density at radius 1 is 1.28 bits per heavy atom. The Morgan fingerprint density at radius 2 is 2.04 bits per heavy atom. The third kappa shape index (κ3) is 4.62. The van der Waals surface area contributed by atoms with Crippen molar-refractivity contribution in [3.63, 3.8) is 0 Å². The highest BCUT2D eigenvalue weighted by molar-refractivity contribution is 7.89. The number of hydrogen-bond donors (Lipinski definition) is 2. The molecule has 1 aromatic rings. The lowest BCUT2D eigenvalue weighted by molar-refractivity contribution is -0.118. The number of morpholine rings is 1. The molecule has 1 fully saturated rings. The maximum Gasteiger partial charge on any atom is 0.262 e. The van der Waals surface area contributed by atoms with Gasteiger partial charge in [-0.05, 0) is 19.0 Å². The van der Waals surface area contributed by atoms with Crippen LogP contribution in [0.25, 0.3) is 0 Å². The molecule has 0 aromatic heterocycles. The fourth-order valence-electron chi connectivity index (χ4n) is 2.70. The summed E-state index contributed by atoms with van der Waals surface area (Å²) in [6, 6.07) is 2.72. The van der Waals surface area contributed by atoms with E-state index in [2.05, 4.69) is 14.9 Å². The second-order valence-electron chi connectivity index (χ2n) is 5.82. The molecule has 0 aliphatic carbocycles. The Morgan fingerprint density at radius 3 is 2.80 bits per heavy atom. The van der Waals surface area contributed by atoms with E-state index in [9.17, 15) is 13.2 Å². The Bertz CT molecular complexity index is 750. The topological polar surface area (TPSA) is 97.0 Å². The quantitative estimate of drug-likeness (QED) is 0.694. The van der Waals surface area contributed by atoms with Crippen LogP contribution in [0.2, 0.25) is 5.02 Å². The third-order valence-corrected chi connectivity index (χ3v) is 5.93. The van der Waals surface area contributed by atoms with Gasteiger partial charge in [0.15, 0.2) is 6.61 Å². The number of carbonyl (C=O) groups is 1. The number of nitrogens with zero attached hydrogens (tertiary/aromatic N) is 1. The highest BCUT2D eigenvalue weighted by Gasteiger charge is 2.24. The Balaban J connectivity index is 1.60. The van der Waals surface area contributed by atoms with Crippen molar-refractivity contribution in [3.8, 4) is 5.75 Å². The van der Waals surface area contributed by atoms with Gasteiger partial charge in [-0.25, -0.2) is 13.1 Å². The predicted molar refractivity (Wildman–Crippen MR) is 92.6 cm³/mol. The van der Waals surface area contributed by atoms with Crippen LogP contribution >= 0.6 is 11.6 Å². The lowest BCUT2D eigenvalue weighted by Crippen LogP contribution is -2.38. The van der Waals surface area contributed by atoms with Crippen molar-refractivity contribution in [1.29, 1.82) is 0 Å². The SMILES string of the molecule is O=C1COc2cc(S(=O)(=O)NCCCN3CCOCC3)c(Cl)cc2N1. The number of benzene rings is 1. The minimum atomic E-state index is -3.76. The first-order chi connectivity index (χ1) is 12.0. The summed E-state index contributed by atoms with van der Waals surface area (Å²) < 4.78 is 38.1. The number of hydrogen-bond acceptors (Lipinski definition) is 6. The summed E-state index contributed by atoms with van der Waals surface area (Å²) >= 11 is 6.08. The number of sulfonamides is 1. The molecule has 0 unspecified atom stereocenters. The summed E-state index contributed by atoms with van der Waals surface area (Å²) in [6.07, 6.45) is 0.689. The molecule has 10 heteroatoms. The predicted octanol–water partition coefficient (Wildman–Crippen LogP) is 0.671. The van der Waals surface area contributed by atoms with Crippen LogP contribution in [0.4, 0.5) is 5.69 Å². The number of carbonyl (C=O) groups excluding carboxylic acids is 1. The fourth-order valence-corrected chi connectivity index (χ4v) is 4.31. The average Bonchev–Trinajstić information content (AvgIpc) is 2.59. The molecule has 2 heterocycles. The van der Waals surface area contributed by atoms with Crippen molar-refractivity contribution in [2.75, 3.05) is 51.3 Å². The fraction of sp³-hybridized carbons (Fsp3) is 0.533. The molecule has 138 valence electrons. The Hall–Kier alpha value is -1.39. The molecular formula is C15H20ClN3O5S. The van der Waals surface area contributed by atoms with E-state index < -0.39 is 10.0 Å². The largest absolute Gasteiger partial charge is 0.482 e. The molecule has 1 saturated heterocycles. The van der Waals surface area contributed by atoms with Crippen molar-refractivity contribution in [2.45, 2.75) is 11.3 Å². The minimum Gasteiger partial charge on any atom is -0.482 e. The Kier molecular flexibility index (Phi) is 5.80. The van der Waals surface area contributed by atoms with Crippen LogP contribution in [0.5, 0.6) is 5.75 Å². The number of nitrogens with one attached hydrogen (secondary N) is 2. The normalized spacial score (nSPS) is 18.4. The second kappa shape index (κ2) is 7.88. The van der Waals surface area contributed by atoms with Crippen molar-refractivity contribution in [2.24, 2.45) is 0 Å². The second-order valence-corrected chi connectivity index (χ2v) is 7.96. The van der Waals surface area contributed by atoms with Gasteiger partial charge in [0.25, 0.3) is 5.91 Å². The van der Waals surface area contributed by atoms with Crippen molar-refractivity contribution >= 4 is 33.2 Å². The molecule has 0 spiro atoms. The standard InChI is InChI=1S/C15H20ClN3O5S/c16-11-8-12-13(24-10-15(20)18-12)9-14(11)25(21,22)17-2-1-3-19-4-6-23-7-5-19/h8-9,17H,1-7,10H2,(H,18,20). The summed E-state index contributed by atoms with van der Waals surface area (Å²) in [7, 11) is -3.76. The molecule has 0 saturated carbocycles. The molecule has 25 heavy (non-hydrogen) atoms. The van der Waals surface area contributed by atoms with E-state index in [0.717, 1.165) is 19.6 Å². The molecule has 3 rings (SSSR count). The molecule has 1 aromatic carbocycles. The molecule has 2 N–H and O–H groups in total. The first-order valence-electron chi connectivity index (χ1n) is 8.02. The van der Waals surface area contributed by atoms with Crippen LogP contribution in [-0.2, 0) is 19.6 Å². The number of rotatable bonds is 6. The van der Waals surface area contributed by atoms with E-state index in [-0.39, 0.29) is 28.2 Å². The summed E-state index contributed by atoms with van der Waals surface area (Å²) in [6.45, 7) is 4.13. The number of amides is 1. The van der Waals surface area contributed by atoms with E-state index in [0.29, 0.717) is 31.9 Å². The van der Waals surface area contributed by atoms with Gasteiger partial charge in [0.2, 0.25) is 10.0 Å². The lowest BCUT2D eigenvalue weighted by Gasteiger charge is -2.26. The number of halogens is 1. The van der Waals surface area contributed by atoms with E-state index in [1.54, 1.807) is 0 Å². The summed E-state index contributed by atoms with van der Waals surface area (Å²) in [4.78, 5) is 13.5. The van der Waals surface area contributed by atoms with Crippen LogP contribution in [0, 0.1) is 0 Å². The van der Waals surface area contributed by atoms with Crippen molar-refractivity contribution in [1.82, 2.24) is 9.62 Å². The van der Waals surface area contributed by atoms with Crippen molar-refractivity contribution in [3.05, 3.63) is 17.2 Å². The molecule has 2 aliphatic rings. The van der Waals surface area contributed by atoms with Gasteiger partial charge >= 0.3 is 0 Å². The highest BCUT2D eigenvalue weighted by Crippen LogP contribution is 2.35. The van der Waals surface area contributed by atoms with Gasteiger partial charge < -0.3 is 14.8 Å². The zero-order valence-corrected chi connectivity index (χ0v) is 15.2. The van der Waals surface area contributed by atoms with Crippen LogP contribution in [0.15, 0.2) is 17.0 Å². The highest BCUT2D eigenvalue weighted by atomic mass is 35.5. The van der Waals surface area contributed by atoms with E-state index >= 15 is 0 Å². The van der Waals surface area contributed by atoms with E-state index in [4.69, 9.17) is 21.1 Å². The summed E-state index contributed by atoms with van der Waals surface area (Å²) in [5.74, 6) is -0.0156. The van der Waals surface area contributed by atoms with Gasteiger partial charge in [-0.2, -0.15) is 0 Å². The van der Waals surface area contributed by atoms with Gasteiger partial charge in [0.05, 0.1) is 23.9 Å². The molecule has 0 bridgehead atoms. The minimum absolute atomic E-state index is 0.0326. The van der Waals surface area contributed by atoms with Gasteiger partial charge in [0.1, 0.15) is 10.6 Å². The van der Waals surface area contributed by atoms with Gasteiger partial charge in [-0.15, -0.1) is 0 Å². The van der Waals surface area contributed by atoms with Crippen LogP contribution in [0.1, 0.15) is 6.42 Å². The van der Waals surface area contributed by atoms with Crippen LogP contribution in [0.3, 0.4) is 0 Å². The van der Waals surface area contributed by atoms with E-state index in [1.807, 2.05) is 0 Å². The number of fused-ring (bicyclic) bond motifs is 1. The number of anilines is 1. The summed E-state index contributed by atoms with van der Waals surface area (Å²) in [5, 5.41) is 2.62. The third-order valence-electron chi connectivity index (χ3n) is 4.00. The van der Waals surface area contributed by atoms with Crippen molar-refractivity contribution < 1.29 is 22.7 Å². The molecule has 1 amide bonds. The maximum absolute atomic E-state index is 12.5. The van der Waals surface area contributed by atoms with Gasteiger partial charge in [0, 0.05) is 25.7 Å². The van der Waals surface area contributed by atoms with Crippen LogP contribution < -0.4 is 14.8 Å². The monoisotopic (exact) mass is 389 g/mol. The number of ether oxygens (including phenoxy) is 2. The smallest absolute Gasteiger partial charge is 0.262 e. The molecule has 8 nitrogen and oxygen atoms in total. The molecule has 0 atom stereocenters. The lowest BCUT2D eigenvalue weighted by atomic mass is 10.2. The summed E-state index contributed by atoms with van der Waals surface area (Å²) in [5.41, 5.74) is 0.368. The van der Waals surface area contributed by atoms with Gasteiger partial charge in [-0.3, -0.25) is 9.69 Å². The first kappa shape index (κ1) is 18.4. The zero-order chi connectivity index (χ0) is 17.9. The van der Waals surface area contributed by atoms with Gasteiger partial charge in [-0.1, -0.05) is 11.6 Å². The maximum atomic E-state index is 12.5.